The minimum atomic E-state index is -1.37. The lowest BCUT2D eigenvalue weighted by atomic mass is 9.96. The summed E-state index contributed by atoms with van der Waals surface area (Å²) in [5.74, 6) is -0.192. The molecule has 1 fully saturated rings. The summed E-state index contributed by atoms with van der Waals surface area (Å²) in [7, 11) is 5.64. The van der Waals surface area contributed by atoms with Crippen LogP contribution in [0.2, 0.25) is 5.02 Å². The quantitative estimate of drug-likeness (QED) is 0.223. The van der Waals surface area contributed by atoms with Crippen molar-refractivity contribution in [1.82, 2.24) is 19.9 Å². The molecule has 11 nitrogen and oxygen atoms in total. The lowest BCUT2D eigenvalue weighted by Crippen LogP contribution is -2.38. The first-order valence-corrected chi connectivity index (χ1v) is 13.8. The van der Waals surface area contributed by atoms with E-state index in [1.54, 1.807) is 13.2 Å². The van der Waals surface area contributed by atoms with Gasteiger partial charge in [-0.05, 0) is 65.1 Å². The summed E-state index contributed by atoms with van der Waals surface area (Å²) in [5, 5.41) is 19.5. The van der Waals surface area contributed by atoms with E-state index in [9.17, 15) is 14.3 Å². The second kappa shape index (κ2) is 12.9. The van der Waals surface area contributed by atoms with Crippen LogP contribution in [0, 0.1) is 5.82 Å². The third-order valence-corrected chi connectivity index (χ3v) is 7.10. The number of benzene rings is 2. The first-order valence-electron chi connectivity index (χ1n) is 13.4. The van der Waals surface area contributed by atoms with Crippen molar-refractivity contribution in [3.8, 4) is 5.75 Å². The number of aromatic nitrogens is 3. The summed E-state index contributed by atoms with van der Waals surface area (Å²) in [6.07, 6.45) is 4.58. The fourth-order valence-corrected chi connectivity index (χ4v) is 5.10. The van der Waals surface area contributed by atoms with Gasteiger partial charge in [0, 0.05) is 36.4 Å². The summed E-state index contributed by atoms with van der Waals surface area (Å²) in [6, 6.07) is 6.45. The van der Waals surface area contributed by atoms with E-state index in [0.29, 0.717) is 22.8 Å². The van der Waals surface area contributed by atoms with Crippen LogP contribution in [0.1, 0.15) is 32.3 Å². The molecule has 224 valence electrons. The van der Waals surface area contributed by atoms with E-state index >= 15 is 0 Å². The second-order valence-corrected chi connectivity index (χ2v) is 11.2. The lowest BCUT2D eigenvalue weighted by molar-refractivity contribution is -0.111. The highest BCUT2D eigenvalue weighted by Gasteiger charge is 2.29. The fourth-order valence-electron chi connectivity index (χ4n) is 4.94. The van der Waals surface area contributed by atoms with Gasteiger partial charge in [0.15, 0.2) is 0 Å². The number of rotatable bonds is 11. The second-order valence-electron chi connectivity index (χ2n) is 10.8. The van der Waals surface area contributed by atoms with Gasteiger partial charge < -0.3 is 35.6 Å². The van der Waals surface area contributed by atoms with Crippen molar-refractivity contribution in [2.24, 2.45) is 0 Å². The van der Waals surface area contributed by atoms with Crippen molar-refractivity contribution in [3.63, 3.8) is 0 Å². The summed E-state index contributed by atoms with van der Waals surface area (Å²) < 4.78 is 19.9. The maximum Gasteiger partial charge on any atom is 0.247 e. The minimum Gasteiger partial charge on any atom is -0.494 e. The molecule has 1 aliphatic rings. The first kappa shape index (κ1) is 30.9. The molecule has 0 radical (unpaired) electrons. The molecule has 0 bridgehead atoms. The summed E-state index contributed by atoms with van der Waals surface area (Å²) in [5.41, 5.74) is 1.15. The minimum absolute atomic E-state index is 0.123. The smallest absolute Gasteiger partial charge is 0.247 e. The van der Waals surface area contributed by atoms with Gasteiger partial charge >= 0.3 is 0 Å². The Labute approximate surface area is 249 Å². The van der Waals surface area contributed by atoms with Crippen molar-refractivity contribution in [2.45, 2.75) is 38.3 Å². The zero-order chi connectivity index (χ0) is 30.6. The molecule has 3 aromatic rings. The number of hydrogen-bond donors (Lipinski definition) is 4. The van der Waals surface area contributed by atoms with E-state index in [0.717, 1.165) is 31.6 Å². The normalized spacial score (nSPS) is 15.1. The average molecular weight is 599 g/mol. The SMILES string of the molecule is C=CC(=O)Nc1cc(Nc2ncnc(Nc3cc(Cl)c(F)cc3C(C)(C)O)n2)c(OC)cc1N1CCCC1CN(C)C. The topological polar surface area (TPSA) is 128 Å². The Morgan fingerprint density at radius 3 is 2.52 bits per heavy atom. The van der Waals surface area contributed by atoms with Crippen LogP contribution in [0.3, 0.4) is 0 Å². The summed E-state index contributed by atoms with van der Waals surface area (Å²) >= 11 is 6.01. The van der Waals surface area contributed by atoms with E-state index in [1.165, 1.54) is 38.4 Å². The monoisotopic (exact) mass is 598 g/mol. The molecule has 2 aromatic carbocycles. The molecule has 13 heteroatoms. The molecule has 4 N–H and O–H groups in total. The van der Waals surface area contributed by atoms with Gasteiger partial charge in [0.1, 0.15) is 17.9 Å². The molecule has 2 heterocycles. The van der Waals surface area contributed by atoms with Crippen LogP contribution in [0.5, 0.6) is 5.75 Å². The number of aliphatic hydroxyl groups is 1. The van der Waals surface area contributed by atoms with Crippen LogP contribution in [0.25, 0.3) is 0 Å². The van der Waals surface area contributed by atoms with E-state index in [1.807, 2.05) is 20.2 Å². The number of nitrogens with zero attached hydrogens (tertiary/aromatic N) is 5. The van der Waals surface area contributed by atoms with Gasteiger partial charge in [-0.25, -0.2) is 14.4 Å². The number of likely N-dealkylation sites (N-methyl/N-ethyl adjacent to an activating group) is 1. The molecule has 1 aromatic heterocycles. The lowest BCUT2D eigenvalue weighted by Gasteiger charge is -2.31. The first-order chi connectivity index (χ1) is 19.9. The van der Waals surface area contributed by atoms with Crippen molar-refractivity contribution >= 4 is 52.2 Å². The number of carbonyl (C=O) groups excluding carboxylic acids is 1. The summed E-state index contributed by atoms with van der Waals surface area (Å²) in [4.78, 5) is 29.6. The van der Waals surface area contributed by atoms with Gasteiger partial charge in [0.25, 0.3) is 0 Å². The van der Waals surface area contributed by atoms with E-state index in [4.69, 9.17) is 16.3 Å². The molecule has 1 atom stereocenters. The molecule has 1 aliphatic heterocycles. The van der Waals surface area contributed by atoms with Gasteiger partial charge in [-0.2, -0.15) is 4.98 Å². The van der Waals surface area contributed by atoms with Crippen LogP contribution in [0.4, 0.5) is 39.0 Å². The van der Waals surface area contributed by atoms with E-state index < -0.39 is 11.4 Å². The Bertz CT molecular complexity index is 1460. The Hall–Kier alpha value is -4.00. The van der Waals surface area contributed by atoms with E-state index in [2.05, 4.69) is 47.3 Å². The molecular weight excluding hydrogens is 563 g/mol. The number of ether oxygens (including phenoxy) is 1. The number of carbonyl (C=O) groups is 1. The van der Waals surface area contributed by atoms with Crippen LogP contribution >= 0.6 is 11.6 Å². The molecule has 0 saturated carbocycles. The molecule has 0 spiro atoms. The number of methoxy groups -OCH3 is 1. The van der Waals surface area contributed by atoms with Gasteiger partial charge in [0.05, 0.1) is 34.8 Å². The van der Waals surface area contributed by atoms with Crippen LogP contribution in [-0.4, -0.2) is 71.2 Å². The van der Waals surface area contributed by atoms with Crippen molar-refractivity contribution in [2.75, 3.05) is 55.1 Å². The van der Waals surface area contributed by atoms with E-state index in [-0.39, 0.29) is 34.4 Å². The standard InChI is InChI=1S/C29H36ClFN8O3/c1-7-26(40)34-22-13-23(25(42-6)14-24(22)39-10-8-9-17(39)15-38(4)5)36-28-33-16-32-27(37-28)35-21-12-19(30)20(31)11-18(21)29(2,3)41/h7,11-14,16-17,41H,1,8-10,15H2,2-6H3,(H,34,40)(H2,32,33,35,36,37). The fraction of sp³-hybridized carbons (Fsp3) is 0.379. The molecular formula is C29H36ClFN8O3. The van der Waals surface area contributed by atoms with Gasteiger partial charge in [-0.15, -0.1) is 0 Å². The Balaban J connectivity index is 1.68. The molecule has 1 saturated heterocycles. The third-order valence-electron chi connectivity index (χ3n) is 6.81. The summed E-state index contributed by atoms with van der Waals surface area (Å²) in [6.45, 7) is 8.36. The predicted molar refractivity (Wildman–Crippen MR) is 164 cm³/mol. The van der Waals surface area contributed by atoms with Crippen LogP contribution in [-0.2, 0) is 10.4 Å². The number of nitrogens with one attached hydrogen (secondary N) is 3. The number of amides is 1. The van der Waals surface area contributed by atoms with Crippen molar-refractivity contribution in [1.29, 1.82) is 0 Å². The Morgan fingerprint density at radius 2 is 1.90 bits per heavy atom. The zero-order valence-corrected chi connectivity index (χ0v) is 25.1. The highest BCUT2D eigenvalue weighted by atomic mass is 35.5. The highest BCUT2D eigenvalue weighted by molar-refractivity contribution is 6.31. The maximum atomic E-state index is 14.2. The molecule has 1 unspecified atom stereocenters. The molecule has 1 amide bonds. The molecule has 0 aliphatic carbocycles. The van der Waals surface area contributed by atoms with Crippen molar-refractivity contribution < 1.29 is 19.0 Å². The van der Waals surface area contributed by atoms with Gasteiger partial charge in [0.2, 0.25) is 17.8 Å². The molecule has 42 heavy (non-hydrogen) atoms. The zero-order valence-electron chi connectivity index (χ0n) is 24.3. The van der Waals surface area contributed by atoms with Crippen LogP contribution < -0.4 is 25.6 Å². The Morgan fingerprint density at radius 1 is 1.21 bits per heavy atom. The third kappa shape index (κ3) is 7.25. The maximum absolute atomic E-state index is 14.2. The largest absolute Gasteiger partial charge is 0.494 e. The Kier molecular flexibility index (Phi) is 9.50. The predicted octanol–water partition coefficient (Wildman–Crippen LogP) is 5.04. The highest BCUT2D eigenvalue weighted by Crippen LogP contribution is 2.41. The molecule has 4 rings (SSSR count). The average Bonchev–Trinajstić information content (AvgIpc) is 3.37. The van der Waals surface area contributed by atoms with Gasteiger partial charge in [-0.1, -0.05) is 18.2 Å². The van der Waals surface area contributed by atoms with Crippen molar-refractivity contribution in [3.05, 3.63) is 59.7 Å². The van der Waals surface area contributed by atoms with Gasteiger partial charge in [-0.3, -0.25) is 4.79 Å². The number of hydrogen-bond acceptors (Lipinski definition) is 10. The number of halogens is 2. The number of anilines is 6. The van der Waals surface area contributed by atoms with Crippen LogP contribution in [0.15, 0.2) is 43.2 Å².